The van der Waals surface area contributed by atoms with Crippen LogP contribution in [-0.4, -0.2) is 24.0 Å². The zero-order valence-corrected chi connectivity index (χ0v) is 8.59. The number of aliphatic hydroxyl groups is 1. The molecule has 1 rings (SSSR count). The number of carbonyl (C=O) groups excluding carboxylic acids is 1. The molecular formula is C11H14FNO2. The van der Waals surface area contributed by atoms with Gasteiger partial charge in [-0.2, -0.15) is 0 Å². The second-order valence-electron chi connectivity index (χ2n) is 3.29. The Bertz CT molecular complexity index is 352. The third-order valence-electron chi connectivity index (χ3n) is 1.97. The monoisotopic (exact) mass is 211 g/mol. The van der Waals surface area contributed by atoms with Gasteiger partial charge in [-0.25, -0.2) is 4.39 Å². The molecule has 0 fully saturated rings. The van der Waals surface area contributed by atoms with E-state index in [2.05, 4.69) is 5.32 Å². The molecule has 0 heterocycles. The fourth-order valence-electron chi connectivity index (χ4n) is 1.21. The highest BCUT2D eigenvalue weighted by atomic mass is 19.1. The molecule has 0 aromatic heterocycles. The van der Waals surface area contributed by atoms with Gasteiger partial charge in [-0.15, -0.1) is 0 Å². The predicted molar refractivity (Wildman–Crippen MR) is 56.6 cm³/mol. The molecule has 0 saturated carbocycles. The van der Waals surface area contributed by atoms with Gasteiger partial charge in [0.05, 0.1) is 0 Å². The fraction of sp³-hybridized carbons (Fsp3) is 0.364. The molecule has 0 unspecified atom stereocenters. The summed E-state index contributed by atoms with van der Waals surface area (Å²) in [5.41, 5.74) is 0.912. The van der Waals surface area contributed by atoms with Crippen molar-refractivity contribution in [1.82, 2.24) is 0 Å². The van der Waals surface area contributed by atoms with E-state index in [0.717, 1.165) is 0 Å². The average molecular weight is 211 g/mol. The van der Waals surface area contributed by atoms with Gasteiger partial charge >= 0.3 is 0 Å². The van der Waals surface area contributed by atoms with Crippen molar-refractivity contribution >= 4 is 11.5 Å². The van der Waals surface area contributed by atoms with E-state index in [1.54, 1.807) is 6.07 Å². The van der Waals surface area contributed by atoms with Crippen molar-refractivity contribution in [2.75, 3.05) is 18.5 Å². The number of aliphatic hydroxyl groups excluding tert-OH is 1. The molecule has 0 amide bonds. The molecule has 1 aromatic rings. The van der Waals surface area contributed by atoms with E-state index in [4.69, 9.17) is 5.11 Å². The Morgan fingerprint density at radius 2 is 2.20 bits per heavy atom. The molecule has 1 aromatic carbocycles. The van der Waals surface area contributed by atoms with Gasteiger partial charge in [-0.3, -0.25) is 4.79 Å². The van der Waals surface area contributed by atoms with E-state index < -0.39 is 5.82 Å². The zero-order chi connectivity index (χ0) is 11.3. The van der Waals surface area contributed by atoms with Gasteiger partial charge in [0.15, 0.2) is 5.78 Å². The van der Waals surface area contributed by atoms with Crippen molar-refractivity contribution in [2.24, 2.45) is 0 Å². The summed E-state index contributed by atoms with van der Waals surface area (Å²) in [6, 6.07) is 4.13. The first kappa shape index (κ1) is 11.7. The van der Waals surface area contributed by atoms with Crippen LogP contribution in [0, 0.1) is 5.82 Å². The van der Waals surface area contributed by atoms with E-state index in [9.17, 15) is 9.18 Å². The van der Waals surface area contributed by atoms with E-state index in [0.29, 0.717) is 24.2 Å². The third kappa shape index (κ3) is 3.67. The normalized spacial score (nSPS) is 10.1. The number of ketones is 1. The highest BCUT2D eigenvalue weighted by Gasteiger charge is 2.04. The number of halogens is 1. The summed E-state index contributed by atoms with van der Waals surface area (Å²) < 4.78 is 13.1. The minimum absolute atomic E-state index is 0.0852. The van der Waals surface area contributed by atoms with Crippen molar-refractivity contribution in [3.8, 4) is 0 Å². The van der Waals surface area contributed by atoms with Crippen LogP contribution in [0.25, 0.3) is 0 Å². The number of Topliss-reactive ketones (excluding diaryl/α,β-unsaturated/α-hetero) is 1. The smallest absolute Gasteiger partial charge is 0.159 e. The van der Waals surface area contributed by atoms with Crippen LogP contribution in [0.1, 0.15) is 23.7 Å². The number of carbonyl (C=O) groups is 1. The van der Waals surface area contributed by atoms with Crippen LogP contribution < -0.4 is 5.32 Å². The first-order valence-electron chi connectivity index (χ1n) is 4.79. The van der Waals surface area contributed by atoms with Crippen LogP contribution in [-0.2, 0) is 0 Å². The molecule has 0 atom stereocenters. The molecule has 0 aliphatic heterocycles. The number of anilines is 1. The molecule has 2 N–H and O–H groups in total. The number of benzene rings is 1. The quantitative estimate of drug-likeness (QED) is 0.577. The van der Waals surface area contributed by atoms with Gasteiger partial charge in [0, 0.05) is 24.4 Å². The van der Waals surface area contributed by atoms with Crippen LogP contribution >= 0.6 is 0 Å². The molecule has 0 saturated heterocycles. The van der Waals surface area contributed by atoms with Gasteiger partial charge in [0.25, 0.3) is 0 Å². The number of nitrogens with one attached hydrogen (secondary N) is 1. The van der Waals surface area contributed by atoms with E-state index in [-0.39, 0.29) is 12.4 Å². The van der Waals surface area contributed by atoms with Gasteiger partial charge in [0.1, 0.15) is 5.82 Å². The summed E-state index contributed by atoms with van der Waals surface area (Å²) in [6.45, 7) is 2.03. The lowest BCUT2D eigenvalue weighted by Crippen LogP contribution is -2.05. The molecule has 0 aliphatic rings. The van der Waals surface area contributed by atoms with Gasteiger partial charge < -0.3 is 10.4 Å². The van der Waals surface area contributed by atoms with Crippen LogP contribution in [0.15, 0.2) is 18.2 Å². The minimum Gasteiger partial charge on any atom is -0.396 e. The van der Waals surface area contributed by atoms with Crippen molar-refractivity contribution in [3.63, 3.8) is 0 Å². The molecular weight excluding hydrogens is 197 g/mol. The predicted octanol–water partition coefficient (Wildman–Crippen LogP) is 1.82. The van der Waals surface area contributed by atoms with Crippen molar-refractivity contribution in [2.45, 2.75) is 13.3 Å². The molecule has 0 radical (unpaired) electrons. The lowest BCUT2D eigenvalue weighted by atomic mass is 10.1. The van der Waals surface area contributed by atoms with Crippen molar-refractivity contribution in [1.29, 1.82) is 0 Å². The SMILES string of the molecule is CC(=O)c1cc(F)cc(NCCCO)c1. The number of rotatable bonds is 5. The second kappa shape index (κ2) is 5.46. The maximum atomic E-state index is 13.1. The van der Waals surface area contributed by atoms with Crippen LogP contribution in [0.4, 0.5) is 10.1 Å². The largest absolute Gasteiger partial charge is 0.396 e. The molecule has 3 nitrogen and oxygen atoms in total. The van der Waals surface area contributed by atoms with Crippen LogP contribution in [0.3, 0.4) is 0 Å². The Kier molecular flexibility index (Phi) is 4.24. The first-order valence-corrected chi connectivity index (χ1v) is 4.79. The Morgan fingerprint density at radius 1 is 1.47 bits per heavy atom. The number of hydrogen-bond donors (Lipinski definition) is 2. The van der Waals surface area contributed by atoms with Crippen LogP contribution in [0.2, 0.25) is 0 Å². The Labute approximate surface area is 87.9 Å². The van der Waals surface area contributed by atoms with Crippen molar-refractivity contribution < 1.29 is 14.3 Å². The Morgan fingerprint density at radius 3 is 2.80 bits per heavy atom. The van der Waals surface area contributed by atoms with Crippen LogP contribution in [0.5, 0.6) is 0 Å². The van der Waals surface area contributed by atoms with Gasteiger partial charge in [-0.05, 0) is 31.5 Å². The molecule has 0 aliphatic carbocycles. The summed E-state index contributed by atoms with van der Waals surface area (Å²) in [7, 11) is 0. The Hall–Kier alpha value is -1.42. The average Bonchev–Trinajstić information content (AvgIpc) is 2.17. The second-order valence-corrected chi connectivity index (χ2v) is 3.29. The summed E-state index contributed by atoms with van der Waals surface area (Å²) in [5.74, 6) is -0.603. The minimum atomic E-state index is -0.436. The van der Waals surface area contributed by atoms with E-state index in [1.165, 1.54) is 19.1 Å². The van der Waals surface area contributed by atoms with Gasteiger partial charge in [-0.1, -0.05) is 0 Å². The highest BCUT2D eigenvalue weighted by molar-refractivity contribution is 5.94. The van der Waals surface area contributed by atoms with E-state index >= 15 is 0 Å². The Balaban J connectivity index is 2.75. The maximum absolute atomic E-state index is 13.1. The van der Waals surface area contributed by atoms with Crippen molar-refractivity contribution in [3.05, 3.63) is 29.6 Å². The molecule has 4 heteroatoms. The topological polar surface area (TPSA) is 49.3 Å². The highest BCUT2D eigenvalue weighted by Crippen LogP contribution is 2.14. The lowest BCUT2D eigenvalue weighted by molar-refractivity contribution is 0.101. The fourth-order valence-corrected chi connectivity index (χ4v) is 1.21. The summed E-state index contributed by atoms with van der Waals surface area (Å²) >= 11 is 0. The standard InChI is InChI=1S/C11H14FNO2/c1-8(15)9-5-10(12)7-11(6-9)13-3-2-4-14/h5-7,13-14H,2-4H2,1H3. The zero-order valence-electron chi connectivity index (χ0n) is 8.59. The number of hydrogen-bond acceptors (Lipinski definition) is 3. The van der Waals surface area contributed by atoms with E-state index in [1.807, 2.05) is 0 Å². The lowest BCUT2D eigenvalue weighted by Gasteiger charge is -2.06. The first-order chi connectivity index (χ1) is 7.13. The maximum Gasteiger partial charge on any atom is 0.159 e. The molecule has 0 spiro atoms. The molecule has 82 valence electrons. The molecule has 15 heavy (non-hydrogen) atoms. The summed E-state index contributed by atoms with van der Waals surface area (Å²) in [4.78, 5) is 11.0. The summed E-state index contributed by atoms with van der Waals surface area (Å²) in [5, 5.41) is 11.5. The third-order valence-corrected chi connectivity index (χ3v) is 1.97. The van der Waals surface area contributed by atoms with Gasteiger partial charge in [0.2, 0.25) is 0 Å². The molecule has 0 bridgehead atoms. The summed E-state index contributed by atoms with van der Waals surface area (Å²) in [6.07, 6.45) is 0.589.